The highest BCUT2D eigenvalue weighted by Crippen LogP contribution is 2.38. The maximum atomic E-state index is 13.5. The number of amides is 1. The predicted molar refractivity (Wildman–Crippen MR) is 137 cm³/mol. The maximum Gasteiger partial charge on any atom is 0.265 e. The Kier molecular flexibility index (Phi) is 6.84. The molecule has 3 aromatic rings. The molecule has 0 spiro atoms. The zero-order valence-electron chi connectivity index (χ0n) is 19.9. The van der Waals surface area contributed by atoms with E-state index in [-0.39, 0.29) is 11.7 Å². The largest absolute Gasteiger partial charge is 0.477 e. The third-order valence-corrected chi connectivity index (χ3v) is 7.37. The summed E-state index contributed by atoms with van der Waals surface area (Å²) in [6, 6.07) is 24.3. The summed E-state index contributed by atoms with van der Waals surface area (Å²) in [5, 5.41) is 10.6. The van der Waals surface area contributed by atoms with Crippen LogP contribution in [0, 0.1) is 22.6 Å². The van der Waals surface area contributed by atoms with Crippen LogP contribution in [-0.4, -0.2) is 36.5 Å². The maximum absolute atomic E-state index is 13.5. The van der Waals surface area contributed by atoms with Crippen molar-refractivity contribution in [2.45, 2.75) is 31.9 Å². The van der Waals surface area contributed by atoms with Crippen LogP contribution in [0.25, 0.3) is 0 Å². The molecule has 2 aliphatic heterocycles. The molecule has 7 heteroatoms. The highest BCUT2D eigenvalue weighted by molar-refractivity contribution is 6.31. The minimum atomic E-state index is -0.644. The van der Waals surface area contributed by atoms with Crippen molar-refractivity contribution in [3.63, 3.8) is 0 Å². The fourth-order valence-electron chi connectivity index (χ4n) is 5.09. The molecule has 5 rings (SSSR count). The quantitative estimate of drug-likeness (QED) is 0.453. The summed E-state index contributed by atoms with van der Waals surface area (Å²) in [7, 11) is 0. The van der Waals surface area contributed by atoms with Gasteiger partial charge < -0.3 is 14.5 Å². The van der Waals surface area contributed by atoms with Gasteiger partial charge in [-0.15, -0.1) is 0 Å². The first-order valence-corrected chi connectivity index (χ1v) is 12.5. The summed E-state index contributed by atoms with van der Waals surface area (Å²) in [4.78, 5) is 17.5. The number of hydrogen-bond donors (Lipinski definition) is 0. The van der Waals surface area contributed by atoms with E-state index in [1.165, 1.54) is 12.1 Å². The molecule has 1 saturated heterocycles. The summed E-state index contributed by atoms with van der Waals surface area (Å²) in [5.74, 6) is 0.282. The van der Waals surface area contributed by atoms with Crippen molar-refractivity contribution in [2.75, 3.05) is 24.5 Å². The van der Waals surface area contributed by atoms with Gasteiger partial charge in [-0.3, -0.25) is 4.79 Å². The number of likely N-dealkylation sites (tertiary alicyclic amines) is 1. The fourth-order valence-corrected chi connectivity index (χ4v) is 5.25. The monoisotopic (exact) mass is 503 g/mol. The number of fused-ring (bicyclic) bond motifs is 1. The van der Waals surface area contributed by atoms with Crippen LogP contribution in [0.1, 0.15) is 24.0 Å². The van der Waals surface area contributed by atoms with Gasteiger partial charge in [-0.2, -0.15) is 5.26 Å². The number of anilines is 1. The van der Waals surface area contributed by atoms with Crippen LogP contribution < -0.4 is 9.64 Å². The molecule has 0 N–H and O–H groups in total. The SMILES string of the molecule is N#CC1(Cc2ccc(F)cc2)CCN(C(=O)C2CN(Cc3ccccc3)c3cc(Cl)ccc3O2)CC1. The van der Waals surface area contributed by atoms with Crippen LogP contribution in [0.15, 0.2) is 72.8 Å². The molecule has 184 valence electrons. The molecule has 3 aromatic carbocycles. The number of rotatable bonds is 5. The van der Waals surface area contributed by atoms with Crippen molar-refractivity contribution >= 4 is 23.2 Å². The molecule has 5 nitrogen and oxygen atoms in total. The van der Waals surface area contributed by atoms with E-state index in [4.69, 9.17) is 16.3 Å². The van der Waals surface area contributed by atoms with Crippen molar-refractivity contribution in [3.05, 3.63) is 94.8 Å². The standard InChI is InChI=1S/C29H27ClFN3O2/c30-23-8-11-26-25(16-23)34(18-22-4-2-1-3-5-22)19-27(36-26)28(35)33-14-12-29(20-32,13-15-33)17-21-6-9-24(31)10-7-21/h1-11,16,27H,12-15,17-19H2. The molecule has 0 aliphatic carbocycles. The second-order valence-electron chi connectivity index (χ2n) is 9.61. The van der Waals surface area contributed by atoms with Gasteiger partial charge in [0, 0.05) is 24.7 Å². The molecule has 1 unspecified atom stereocenters. The van der Waals surface area contributed by atoms with Gasteiger partial charge in [-0.05, 0) is 60.7 Å². The molecule has 0 radical (unpaired) electrons. The normalized spacial score (nSPS) is 18.6. The summed E-state index contributed by atoms with van der Waals surface area (Å²) >= 11 is 6.27. The van der Waals surface area contributed by atoms with E-state index in [1.54, 1.807) is 18.2 Å². The van der Waals surface area contributed by atoms with Crippen LogP contribution in [0.4, 0.5) is 10.1 Å². The zero-order chi connectivity index (χ0) is 25.1. The summed E-state index contributed by atoms with van der Waals surface area (Å²) in [6.45, 7) is 2.02. The number of halogens is 2. The Balaban J connectivity index is 1.29. The Morgan fingerprint density at radius 1 is 1.06 bits per heavy atom. The molecule has 2 aliphatic rings. The van der Waals surface area contributed by atoms with Gasteiger partial charge in [0.1, 0.15) is 11.6 Å². The van der Waals surface area contributed by atoms with Gasteiger partial charge in [0.05, 0.1) is 23.7 Å². The van der Waals surface area contributed by atoms with Crippen molar-refractivity contribution in [1.82, 2.24) is 4.90 Å². The van der Waals surface area contributed by atoms with Crippen molar-refractivity contribution in [1.29, 1.82) is 5.26 Å². The van der Waals surface area contributed by atoms with Gasteiger partial charge in [0.15, 0.2) is 6.10 Å². The number of ether oxygens (including phenoxy) is 1. The van der Waals surface area contributed by atoms with Crippen LogP contribution in [0.2, 0.25) is 5.02 Å². The lowest BCUT2D eigenvalue weighted by molar-refractivity contribution is -0.140. The van der Waals surface area contributed by atoms with E-state index in [2.05, 4.69) is 23.1 Å². The van der Waals surface area contributed by atoms with E-state index >= 15 is 0 Å². The Labute approximate surface area is 215 Å². The van der Waals surface area contributed by atoms with Crippen molar-refractivity contribution < 1.29 is 13.9 Å². The number of nitriles is 1. The zero-order valence-corrected chi connectivity index (χ0v) is 20.6. The molecule has 1 atom stereocenters. The molecule has 0 aromatic heterocycles. The Morgan fingerprint density at radius 2 is 1.78 bits per heavy atom. The first kappa shape index (κ1) is 24.1. The Bertz CT molecular complexity index is 1270. The average molecular weight is 504 g/mol. The summed E-state index contributed by atoms with van der Waals surface area (Å²) < 4.78 is 19.5. The molecule has 0 saturated carbocycles. The van der Waals surface area contributed by atoms with Crippen LogP contribution in [0.3, 0.4) is 0 Å². The number of nitrogens with zero attached hydrogens (tertiary/aromatic N) is 3. The van der Waals surface area contributed by atoms with Gasteiger partial charge in [0.25, 0.3) is 5.91 Å². The number of hydrogen-bond acceptors (Lipinski definition) is 4. The lowest BCUT2D eigenvalue weighted by atomic mass is 9.75. The van der Waals surface area contributed by atoms with Crippen LogP contribution in [0.5, 0.6) is 5.75 Å². The Hall–Kier alpha value is -3.56. The molecule has 1 amide bonds. The molecular formula is C29H27ClFN3O2. The minimum Gasteiger partial charge on any atom is -0.477 e. The fraction of sp³-hybridized carbons (Fsp3) is 0.310. The number of carbonyl (C=O) groups is 1. The second kappa shape index (κ2) is 10.2. The van der Waals surface area contributed by atoms with Gasteiger partial charge in [-0.1, -0.05) is 54.1 Å². The van der Waals surface area contributed by atoms with Gasteiger partial charge in [-0.25, -0.2) is 4.39 Å². The number of carbonyl (C=O) groups excluding carboxylic acids is 1. The van der Waals surface area contributed by atoms with Crippen LogP contribution >= 0.6 is 11.6 Å². The van der Waals surface area contributed by atoms with E-state index in [0.717, 1.165) is 16.8 Å². The minimum absolute atomic E-state index is 0.0676. The Morgan fingerprint density at radius 3 is 2.47 bits per heavy atom. The lowest BCUT2D eigenvalue weighted by Gasteiger charge is -2.41. The second-order valence-corrected chi connectivity index (χ2v) is 10.0. The van der Waals surface area contributed by atoms with E-state index in [0.29, 0.717) is 56.2 Å². The highest BCUT2D eigenvalue weighted by atomic mass is 35.5. The molecule has 0 bridgehead atoms. The third-order valence-electron chi connectivity index (χ3n) is 7.13. The van der Waals surface area contributed by atoms with E-state index in [1.807, 2.05) is 35.2 Å². The van der Waals surface area contributed by atoms with Crippen molar-refractivity contribution in [2.24, 2.45) is 5.41 Å². The number of benzene rings is 3. The summed E-state index contributed by atoms with van der Waals surface area (Å²) in [6.07, 6.45) is 1.04. The summed E-state index contributed by atoms with van der Waals surface area (Å²) in [5.41, 5.74) is 2.37. The van der Waals surface area contributed by atoms with E-state index < -0.39 is 11.5 Å². The first-order chi connectivity index (χ1) is 17.4. The van der Waals surface area contributed by atoms with Crippen molar-refractivity contribution in [3.8, 4) is 11.8 Å². The highest BCUT2D eigenvalue weighted by Gasteiger charge is 2.40. The molecule has 1 fully saturated rings. The van der Waals surface area contributed by atoms with Gasteiger partial charge >= 0.3 is 0 Å². The first-order valence-electron chi connectivity index (χ1n) is 12.1. The smallest absolute Gasteiger partial charge is 0.265 e. The predicted octanol–water partition coefficient (Wildman–Crippen LogP) is 5.62. The molecular weight excluding hydrogens is 477 g/mol. The lowest BCUT2D eigenvalue weighted by Crippen LogP contribution is -2.53. The van der Waals surface area contributed by atoms with Crippen LogP contribution in [-0.2, 0) is 17.8 Å². The van der Waals surface area contributed by atoms with Gasteiger partial charge in [0.2, 0.25) is 0 Å². The average Bonchev–Trinajstić information content (AvgIpc) is 2.91. The molecule has 2 heterocycles. The topological polar surface area (TPSA) is 56.6 Å². The van der Waals surface area contributed by atoms with E-state index in [9.17, 15) is 14.4 Å². The molecule has 36 heavy (non-hydrogen) atoms. The third kappa shape index (κ3) is 5.17. The number of piperidine rings is 1.